The van der Waals surface area contributed by atoms with Crippen LogP contribution in [0.25, 0.3) is 0 Å². The monoisotopic (exact) mass is 182 g/mol. The van der Waals surface area contributed by atoms with E-state index in [1.807, 2.05) is 20.0 Å². The van der Waals surface area contributed by atoms with E-state index in [1.54, 1.807) is 6.20 Å². The Morgan fingerprint density at radius 2 is 2.23 bits per heavy atom. The number of imidazole rings is 1. The van der Waals surface area contributed by atoms with Crippen LogP contribution in [0.15, 0.2) is 12.4 Å². The first kappa shape index (κ1) is 10.3. The molecule has 0 bridgehead atoms. The minimum absolute atomic E-state index is 0.285. The Hall–Kier alpha value is -0.830. The third-order valence-corrected chi connectivity index (χ3v) is 2.30. The van der Waals surface area contributed by atoms with E-state index in [4.69, 9.17) is 0 Å². The van der Waals surface area contributed by atoms with Gasteiger partial charge in [0, 0.05) is 25.4 Å². The molecule has 1 rings (SSSR count). The molecule has 1 unspecified atom stereocenters. The van der Waals surface area contributed by atoms with Crippen LogP contribution in [0.3, 0.4) is 0 Å². The van der Waals surface area contributed by atoms with Gasteiger partial charge in [0.1, 0.15) is 5.82 Å². The molecule has 0 aliphatic carbocycles. The Balaban J connectivity index is 2.62. The van der Waals surface area contributed by atoms with Gasteiger partial charge in [-0.05, 0) is 12.8 Å². The summed E-state index contributed by atoms with van der Waals surface area (Å²) in [4.78, 5) is 4.21. The number of aliphatic hydroxyl groups is 1. The molecule has 0 saturated heterocycles. The highest BCUT2D eigenvalue weighted by molar-refractivity contribution is 4.94. The number of aryl methyl sites for hydroxylation is 1. The third-order valence-electron chi connectivity index (χ3n) is 2.30. The maximum Gasteiger partial charge on any atom is 0.111 e. The maximum atomic E-state index is 9.66. The van der Waals surface area contributed by atoms with E-state index >= 15 is 0 Å². The molecule has 0 spiro atoms. The molecule has 74 valence electrons. The van der Waals surface area contributed by atoms with Crippen molar-refractivity contribution in [3.05, 3.63) is 18.2 Å². The summed E-state index contributed by atoms with van der Waals surface area (Å²) >= 11 is 0. The molecule has 0 amide bonds. The Kier molecular flexibility index (Phi) is 3.48. The van der Waals surface area contributed by atoms with Crippen molar-refractivity contribution in [2.75, 3.05) is 0 Å². The second kappa shape index (κ2) is 4.42. The van der Waals surface area contributed by atoms with Gasteiger partial charge < -0.3 is 9.67 Å². The van der Waals surface area contributed by atoms with E-state index in [0.29, 0.717) is 12.3 Å². The molecule has 1 atom stereocenters. The molecule has 0 aromatic carbocycles. The Labute approximate surface area is 79.4 Å². The molecule has 13 heavy (non-hydrogen) atoms. The fraction of sp³-hybridized carbons (Fsp3) is 0.700. The molecule has 0 aliphatic heterocycles. The average Bonchev–Trinajstić information content (AvgIpc) is 2.51. The molecule has 0 saturated carbocycles. The normalized spacial score (nSPS) is 13.6. The maximum absolute atomic E-state index is 9.66. The zero-order valence-corrected chi connectivity index (χ0v) is 8.57. The Morgan fingerprint density at radius 3 is 2.77 bits per heavy atom. The molecule has 1 N–H and O–H groups in total. The van der Waals surface area contributed by atoms with Crippen molar-refractivity contribution >= 4 is 0 Å². The summed E-state index contributed by atoms with van der Waals surface area (Å²) in [6.07, 6.45) is 4.10. The highest BCUT2D eigenvalue weighted by atomic mass is 16.3. The van der Waals surface area contributed by atoms with Gasteiger partial charge >= 0.3 is 0 Å². The summed E-state index contributed by atoms with van der Waals surface area (Å²) in [6.45, 7) is 7.03. The Bertz CT molecular complexity index is 255. The largest absolute Gasteiger partial charge is 0.392 e. The summed E-state index contributed by atoms with van der Waals surface area (Å²) in [6, 6.07) is 0. The van der Waals surface area contributed by atoms with E-state index in [2.05, 4.69) is 16.5 Å². The van der Waals surface area contributed by atoms with Crippen LogP contribution in [0, 0.1) is 5.92 Å². The van der Waals surface area contributed by atoms with Crippen LogP contribution < -0.4 is 0 Å². The molecule has 0 fully saturated rings. The van der Waals surface area contributed by atoms with Gasteiger partial charge in [0.15, 0.2) is 0 Å². The first-order valence-electron chi connectivity index (χ1n) is 4.83. The number of rotatable bonds is 4. The molecule has 0 aliphatic rings. The molecule has 0 radical (unpaired) electrons. The average molecular weight is 182 g/mol. The zero-order valence-electron chi connectivity index (χ0n) is 8.57. The summed E-state index contributed by atoms with van der Waals surface area (Å²) < 4.78 is 2.06. The number of hydrogen-bond donors (Lipinski definition) is 1. The van der Waals surface area contributed by atoms with Crippen molar-refractivity contribution in [1.29, 1.82) is 0 Å². The second-order valence-corrected chi connectivity index (χ2v) is 3.64. The first-order chi connectivity index (χ1) is 6.15. The van der Waals surface area contributed by atoms with E-state index in [1.165, 1.54) is 0 Å². The van der Waals surface area contributed by atoms with Gasteiger partial charge in [-0.25, -0.2) is 4.98 Å². The van der Waals surface area contributed by atoms with Crippen LogP contribution in [0.2, 0.25) is 0 Å². The molecule has 1 aromatic heterocycles. The lowest BCUT2D eigenvalue weighted by molar-refractivity contribution is 0.122. The SMILES string of the molecule is CCn1ccnc1CC(O)C(C)C. The summed E-state index contributed by atoms with van der Waals surface area (Å²) in [5.74, 6) is 1.27. The predicted molar refractivity (Wildman–Crippen MR) is 52.4 cm³/mol. The summed E-state index contributed by atoms with van der Waals surface area (Å²) in [5, 5.41) is 9.66. The molecular weight excluding hydrogens is 164 g/mol. The van der Waals surface area contributed by atoms with E-state index in [9.17, 15) is 5.11 Å². The molecule has 1 heterocycles. The van der Waals surface area contributed by atoms with Gasteiger partial charge in [0.2, 0.25) is 0 Å². The van der Waals surface area contributed by atoms with Crippen molar-refractivity contribution in [1.82, 2.24) is 9.55 Å². The Morgan fingerprint density at radius 1 is 1.54 bits per heavy atom. The van der Waals surface area contributed by atoms with Gasteiger partial charge in [0.05, 0.1) is 6.10 Å². The van der Waals surface area contributed by atoms with Crippen LogP contribution in [0.1, 0.15) is 26.6 Å². The molecular formula is C10H18N2O. The van der Waals surface area contributed by atoms with E-state index in [0.717, 1.165) is 12.4 Å². The smallest absolute Gasteiger partial charge is 0.111 e. The van der Waals surface area contributed by atoms with E-state index in [-0.39, 0.29) is 6.10 Å². The third kappa shape index (κ3) is 2.56. The summed E-state index contributed by atoms with van der Waals surface area (Å²) in [7, 11) is 0. The minimum Gasteiger partial charge on any atom is -0.392 e. The fourth-order valence-corrected chi connectivity index (χ4v) is 1.24. The summed E-state index contributed by atoms with van der Waals surface area (Å²) in [5.41, 5.74) is 0. The van der Waals surface area contributed by atoms with Crippen LogP contribution in [0.4, 0.5) is 0 Å². The van der Waals surface area contributed by atoms with Crippen molar-refractivity contribution < 1.29 is 5.11 Å². The number of aromatic nitrogens is 2. The molecule has 3 nitrogen and oxygen atoms in total. The highest BCUT2D eigenvalue weighted by Gasteiger charge is 2.12. The number of hydrogen-bond acceptors (Lipinski definition) is 2. The van der Waals surface area contributed by atoms with Gasteiger partial charge in [0.25, 0.3) is 0 Å². The van der Waals surface area contributed by atoms with Crippen LogP contribution >= 0.6 is 0 Å². The second-order valence-electron chi connectivity index (χ2n) is 3.64. The lowest BCUT2D eigenvalue weighted by Gasteiger charge is -2.14. The van der Waals surface area contributed by atoms with Crippen molar-refractivity contribution in [3.63, 3.8) is 0 Å². The van der Waals surface area contributed by atoms with Crippen molar-refractivity contribution in [2.24, 2.45) is 5.92 Å². The number of aliphatic hydroxyl groups excluding tert-OH is 1. The van der Waals surface area contributed by atoms with E-state index < -0.39 is 0 Å². The minimum atomic E-state index is -0.285. The predicted octanol–water partition coefficient (Wildman–Crippen LogP) is 1.46. The fourth-order valence-electron chi connectivity index (χ4n) is 1.24. The van der Waals surface area contributed by atoms with Crippen LogP contribution in [-0.4, -0.2) is 20.8 Å². The molecule has 1 aromatic rings. The number of nitrogens with zero attached hydrogens (tertiary/aromatic N) is 2. The van der Waals surface area contributed by atoms with Crippen LogP contribution in [0.5, 0.6) is 0 Å². The lowest BCUT2D eigenvalue weighted by Crippen LogP contribution is -2.20. The standard InChI is InChI=1S/C10H18N2O/c1-4-12-6-5-11-10(12)7-9(13)8(2)3/h5-6,8-9,13H,4,7H2,1-3H3. The van der Waals surface area contributed by atoms with Crippen molar-refractivity contribution in [3.8, 4) is 0 Å². The van der Waals surface area contributed by atoms with Gasteiger partial charge in [-0.15, -0.1) is 0 Å². The lowest BCUT2D eigenvalue weighted by atomic mass is 10.0. The zero-order chi connectivity index (χ0) is 9.84. The quantitative estimate of drug-likeness (QED) is 0.765. The topological polar surface area (TPSA) is 38.0 Å². The molecule has 3 heteroatoms. The van der Waals surface area contributed by atoms with Gasteiger partial charge in [-0.1, -0.05) is 13.8 Å². The van der Waals surface area contributed by atoms with Crippen LogP contribution in [-0.2, 0) is 13.0 Å². The van der Waals surface area contributed by atoms with Crippen molar-refractivity contribution in [2.45, 2.75) is 39.8 Å². The highest BCUT2D eigenvalue weighted by Crippen LogP contribution is 2.08. The first-order valence-corrected chi connectivity index (χ1v) is 4.83. The van der Waals surface area contributed by atoms with Gasteiger partial charge in [-0.3, -0.25) is 0 Å². The van der Waals surface area contributed by atoms with Gasteiger partial charge in [-0.2, -0.15) is 0 Å².